The third-order valence-corrected chi connectivity index (χ3v) is 6.41. The summed E-state index contributed by atoms with van der Waals surface area (Å²) in [6, 6.07) is 11.5. The first-order valence-electron chi connectivity index (χ1n) is 10.7. The molecule has 1 saturated carbocycles. The SMILES string of the molecule is C[C@H]1[C@H](C)CCC[C@@H]1NC(=O)Cn1nc(Cc2ccncc2)c2ccccc2c1=O. The van der Waals surface area contributed by atoms with Crippen LogP contribution in [0.25, 0.3) is 10.8 Å². The van der Waals surface area contributed by atoms with Gasteiger partial charge in [-0.3, -0.25) is 14.6 Å². The number of hydrogen-bond acceptors (Lipinski definition) is 4. The molecule has 1 N–H and O–H groups in total. The summed E-state index contributed by atoms with van der Waals surface area (Å²) in [6.45, 7) is 4.37. The monoisotopic (exact) mass is 404 g/mol. The Hall–Kier alpha value is -3.02. The summed E-state index contributed by atoms with van der Waals surface area (Å²) in [6.07, 6.45) is 7.38. The van der Waals surface area contributed by atoms with E-state index in [2.05, 4.69) is 29.2 Å². The zero-order valence-electron chi connectivity index (χ0n) is 17.5. The first kappa shape index (κ1) is 20.3. The largest absolute Gasteiger partial charge is 0.351 e. The number of fused-ring (bicyclic) bond motifs is 1. The summed E-state index contributed by atoms with van der Waals surface area (Å²) >= 11 is 0. The molecule has 1 aliphatic rings. The Kier molecular flexibility index (Phi) is 5.93. The van der Waals surface area contributed by atoms with Gasteiger partial charge in [-0.25, -0.2) is 4.68 Å². The predicted octanol–water partition coefficient (Wildman–Crippen LogP) is 3.32. The van der Waals surface area contributed by atoms with Gasteiger partial charge in [0.15, 0.2) is 0 Å². The van der Waals surface area contributed by atoms with E-state index in [0.29, 0.717) is 23.6 Å². The van der Waals surface area contributed by atoms with Crippen LogP contribution in [0.1, 0.15) is 44.4 Å². The maximum absolute atomic E-state index is 13.0. The van der Waals surface area contributed by atoms with E-state index in [1.807, 2.05) is 30.3 Å². The molecule has 0 bridgehead atoms. The summed E-state index contributed by atoms with van der Waals surface area (Å²) in [5.74, 6) is 0.879. The Morgan fingerprint density at radius 2 is 1.83 bits per heavy atom. The lowest BCUT2D eigenvalue weighted by molar-refractivity contribution is -0.123. The normalized spacial score (nSPS) is 21.5. The highest BCUT2D eigenvalue weighted by atomic mass is 16.2. The van der Waals surface area contributed by atoms with E-state index in [4.69, 9.17) is 0 Å². The van der Waals surface area contributed by atoms with Crippen LogP contribution in [-0.2, 0) is 17.8 Å². The van der Waals surface area contributed by atoms with Gasteiger partial charge in [-0.15, -0.1) is 0 Å². The molecule has 6 heteroatoms. The van der Waals surface area contributed by atoms with Crippen molar-refractivity contribution in [1.82, 2.24) is 20.1 Å². The molecule has 30 heavy (non-hydrogen) atoms. The molecule has 3 atom stereocenters. The van der Waals surface area contributed by atoms with Gasteiger partial charge in [0.1, 0.15) is 6.54 Å². The fourth-order valence-corrected chi connectivity index (χ4v) is 4.41. The molecular weight excluding hydrogens is 376 g/mol. The van der Waals surface area contributed by atoms with Gasteiger partial charge in [0.05, 0.1) is 11.1 Å². The molecule has 1 fully saturated rings. The lowest BCUT2D eigenvalue weighted by Gasteiger charge is -2.34. The van der Waals surface area contributed by atoms with E-state index in [-0.39, 0.29) is 24.1 Å². The Bertz CT molecular complexity index is 1090. The van der Waals surface area contributed by atoms with Gasteiger partial charge < -0.3 is 5.32 Å². The van der Waals surface area contributed by atoms with Gasteiger partial charge in [-0.2, -0.15) is 5.10 Å². The van der Waals surface area contributed by atoms with Crippen molar-refractivity contribution in [2.75, 3.05) is 0 Å². The van der Waals surface area contributed by atoms with Crippen LogP contribution >= 0.6 is 0 Å². The molecule has 2 heterocycles. The fraction of sp³-hybridized carbons (Fsp3) is 0.417. The summed E-state index contributed by atoms with van der Waals surface area (Å²) in [7, 11) is 0. The highest BCUT2D eigenvalue weighted by Gasteiger charge is 2.28. The molecule has 3 aromatic rings. The second-order valence-corrected chi connectivity index (χ2v) is 8.43. The number of nitrogens with one attached hydrogen (secondary N) is 1. The minimum absolute atomic E-state index is 0.0649. The predicted molar refractivity (Wildman–Crippen MR) is 117 cm³/mol. The topological polar surface area (TPSA) is 76.9 Å². The standard InChI is InChI=1S/C24H28N4O2/c1-16-6-5-9-21(17(16)2)26-23(29)15-28-24(30)20-8-4-3-7-19(20)22(27-28)14-18-10-12-25-13-11-18/h3-4,7-8,10-13,16-17,21H,5-6,9,14-15H2,1-2H3,(H,26,29)/t16-,17+,21+/m1/s1. The molecule has 0 spiro atoms. The summed E-state index contributed by atoms with van der Waals surface area (Å²) in [4.78, 5) is 29.8. The minimum Gasteiger partial charge on any atom is -0.351 e. The fourth-order valence-electron chi connectivity index (χ4n) is 4.41. The summed E-state index contributed by atoms with van der Waals surface area (Å²) < 4.78 is 1.31. The number of amides is 1. The van der Waals surface area contributed by atoms with Gasteiger partial charge in [0, 0.05) is 30.2 Å². The van der Waals surface area contributed by atoms with Crippen LogP contribution < -0.4 is 10.9 Å². The lowest BCUT2D eigenvalue weighted by Crippen LogP contribution is -2.45. The van der Waals surface area contributed by atoms with Crippen molar-refractivity contribution in [3.05, 3.63) is 70.4 Å². The van der Waals surface area contributed by atoms with Crippen LogP contribution in [0.4, 0.5) is 0 Å². The van der Waals surface area contributed by atoms with Gasteiger partial charge in [0.2, 0.25) is 5.91 Å². The Morgan fingerprint density at radius 1 is 1.10 bits per heavy atom. The van der Waals surface area contributed by atoms with E-state index in [0.717, 1.165) is 29.5 Å². The molecule has 1 amide bonds. The molecule has 4 rings (SSSR count). The van der Waals surface area contributed by atoms with Crippen molar-refractivity contribution in [3.63, 3.8) is 0 Å². The molecule has 1 aromatic carbocycles. The van der Waals surface area contributed by atoms with E-state index < -0.39 is 0 Å². The van der Waals surface area contributed by atoms with E-state index in [1.165, 1.54) is 11.1 Å². The molecule has 0 unspecified atom stereocenters. The molecule has 156 valence electrons. The third kappa shape index (κ3) is 4.27. The summed E-state index contributed by atoms with van der Waals surface area (Å²) in [5, 5.41) is 9.14. The smallest absolute Gasteiger partial charge is 0.275 e. The summed E-state index contributed by atoms with van der Waals surface area (Å²) in [5.41, 5.74) is 1.61. The second-order valence-electron chi connectivity index (χ2n) is 8.43. The highest BCUT2D eigenvalue weighted by Crippen LogP contribution is 2.29. The van der Waals surface area contributed by atoms with Crippen LogP contribution in [0, 0.1) is 11.8 Å². The van der Waals surface area contributed by atoms with Crippen LogP contribution in [-0.4, -0.2) is 26.7 Å². The molecule has 0 saturated heterocycles. The number of rotatable bonds is 5. The number of nitrogens with zero attached hydrogens (tertiary/aromatic N) is 3. The van der Waals surface area contributed by atoms with E-state index >= 15 is 0 Å². The number of carbonyl (C=O) groups excluding carboxylic acids is 1. The quantitative estimate of drug-likeness (QED) is 0.708. The first-order chi connectivity index (χ1) is 14.5. The number of pyridine rings is 1. The lowest BCUT2D eigenvalue weighted by atomic mass is 9.78. The Labute approximate surface area is 176 Å². The van der Waals surface area contributed by atoms with Crippen LogP contribution in [0.5, 0.6) is 0 Å². The minimum atomic E-state index is -0.232. The van der Waals surface area contributed by atoms with Gasteiger partial charge >= 0.3 is 0 Å². The van der Waals surface area contributed by atoms with Crippen LogP contribution in [0.15, 0.2) is 53.6 Å². The molecular formula is C24H28N4O2. The first-order valence-corrected chi connectivity index (χ1v) is 10.7. The average Bonchev–Trinajstić information content (AvgIpc) is 2.75. The van der Waals surface area contributed by atoms with Crippen molar-refractivity contribution in [2.45, 2.75) is 52.1 Å². The number of carbonyl (C=O) groups is 1. The maximum atomic E-state index is 13.0. The molecule has 6 nitrogen and oxygen atoms in total. The number of aromatic nitrogens is 3. The third-order valence-electron chi connectivity index (χ3n) is 6.41. The Morgan fingerprint density at radius 3 is 2.60 bits per heavy atom. The second kappa shape index (κ2) is 8.78. The number of benzene rings is 1. The van der Waals surface area contributed by atoms with Gasteiger partial charge in [0.25, 0.3) is 5.56 Å². The van der Waals surface area contributed by atoms with Crippen molar-refractivity contribution < 1.29 is 4.79 Å². The van der Waals surface area contributed by atoms with E-state index in [9.17, 15) is 9.59 Å². The molecule has 0 radical (unpaired) electrons. The molecule has 0 aliphatic heterocycles. The van der Waals surface area contributed by atoms with Crippen LogP contribution in [0.2, 0.25) is 0 Å². The van der Waals surface area contributed by atoms with Crippen molar-refractivity contribution in [2.24, 2.45) is 11.8 Å². The zero-order chi connectivity index (χ0) is 21.1. The van der Waals surface area contributed by atoms with Crippen molar-refractivity contribution in [1.29, 1.82) is 0 Å². The highest BCUT2D eigenvalue weighted by molar-refractivity contribution is 5.84. The number of hydrogen-bond donors (Lipinski definition) is 1. The van der Waals surface area contributed by atoms with Crippen molar-refractivity contribution >= 4 is 16.7 Å². The zero-order valence-corrected chi connectivity index (χ0v) is 17.5. The molecule has 2 aromatic heterocycles. The van der Waals surface area contributed by atoms with Gasteiger partial charge in [-0.1, -0.05) is 44.9 Å². The Balaban J connectivity index is 1.61. The van der Waals surface area contributed by atoms with E-state index in [1.54, 1.807) is 18.5 Å². The average molecular weight is 405 g/mol. The van der Waals surface area contributed by atoms with Gasteiger partial charge in [-0.05, 0) is 42.0 Å². The molecule has 1 aliphatic carbocycles. The van der Waals surface area contributed by atoms with Crippen molar-refractivity contribution in [3.8, 4) is 0 Å². The maximum Gasteiger partial charge on any atom is 0.275 e. The van der Waals surface area contributed by atoms with Crippen LogP contribution in [0.3, 0.4) is 0 Å².